The molecule has 6 nitrogen and oxygen atoms in total. The fourth-order valence-electron chi connectivity index (χ4n) is 2.68. The van der Waals surface area contributed by atoms with Gasteiger partial charge < -0.3 is 24.8 Å². The minimum atomic E-state index is -4.44. The van der Waals surface area contributed by atoms with Crippen molar-refractivity contribution in [3.05, 3.63) is 24.3 Å². The van der Waals surface area contributed by atoms with Gasteiger partial charge in [-0.1, -0.05) is 12.1 Å². The van der Waals surface area contributed by atoms with E-state index in [4.69, 9.17) is 19.9 Å². The van der Waals surface area contributed by atoms with E-state index in [0.717, 1.165) is 19.3 Å². The molecule has 1 aliphatic rings. The Kier molecular flexibility index (Phi) is 10.4. The molecular weight excluding hydrogens is 401 g/mol. The molecule has 2 rings (SSSR count). The molecule has 1 aromatic carbocycles. The molecule has 1 heterocycles. The average Bonchev–Trinajstić information content (AvgIpc) is 2.65. The number of piperidine rings is 1. The van der Waals surface area contributed by atoms with Gasteiger partial charge in [-0.3, -0.25) is 4.79 Å². The molecule has 10 heteroatoms. The number of halogens is 4. The topological polar surface area (TPSA) is 74.0 Å². The van der Waals surface area contributed by atoms with Crippen LogP contribution in [0.2, 0.25) is 0 Å². The quantitative estimate of drug-likeness (QED) is 0.615. The van der Waals surface area contributed by atoms with E-state index in [0.29, 0.717) is 26.2 Å². The first-order chi connectivity index (χ1) is 12.9. The zero-order chi connectivity index (χ0) is 19.7. The van der Waals surface area contributed by atoms with Gasteiger partial charge in [-0.15, -0.1) is 12.4 Å². The SMILES string of the molecule is Cl.NCCCOC1CCN(C(=O)COc2ccccc2OCC(F)(F)F)CC1. The molecule has 0 spiro atoms. The number of rotatable bonds is 9. The van der Waals surface area contributed by atoms with E-state index in [1.807, 2.05) is 0 Å². The molecule has 0 aromatic heterocycles. The summed E-state index contributed by atoms with van der Waals surface area (Å²) in [7, 11) is 0. The van der Waals surface area contributed by atoms with Crippen LogP contribution in [0.3, 0.4) is 0 Å². The highest BCUT2D eigenvalue weighted by Crippen LogP contribution is 2.28. The first kappa shape index (κ1) is 24.3. The lowest BCUT2D eigenvalue weighted by Gasteiger charge is -2.32. The summed E-state index contributed by atoms with van der Waals surface area (Å²) in [4.78, 5) is 14.0. The Morgan fingerprint density at radius 1 is 1.14 bits per heavy atom. The molecule has 0 bridgehead atoms. The number of nitrogens with two attached hydrogens (primary N) is 1. The van der Waals surface area contributed by atoms with Crippen molar-refractivity contribution in [3.8, 4) is 11.5 Å². The van der Waals surface area contributed by atoms with Crippen molar-refractivity contribution in [1.82, 2.24) is 4.90 Å². The molecule has 0 saturated carbocycles. The Morgan fingerprint density at radius 3 is 2.32 bits per heavy atom. The summed E-state index contributed by atoms with van der Waals surface area (Å²) in [5.41, 5.74) is 5.43. The summed E-state index contributed by atoms with van der Waals surface area (Å²) in [6.45, 7) is 0.642. The summed E-state index contributed by atoms with van der Waals surface area (Å²) in [5, 5.41) is 0. The Morgan fingerprint density at radius 2 is 1.75 bits per heavy atom. The van der Waals surface area contributed by atoms with Crippen LogP contribution in [-0.2, 0) is 9.53 Å². The Balaban J connectivity index is 0.00000392. The molecule has 0 atom stereocenters. The van der Waals surface area contributed by atoms with E-state index in [1.54, 1.807) is 11.0 Å². The van der Waals surface area contributed by atoms with Gasteiger partial charge in [-0.05, 0) is 37.9 Å². The van der Waals surface area contributed by atoms with Crippen LogP contribution < -0.4 is 15.2 Å². The second-order valence-corrected chi connectivity index (χ2v) is 6.23. The lowest BCUT2D eigenvalue weighted by molar-refractivity contribution is -0.153. The number of ether oxygens (including phenoxy) is 3. The first-order valence-corrected chi connectivity index (χ1v) is 8.90. The Labute approximate surface area is 168 Å². The third kappa shape index (κ3) is 8.53. The maximum atomic E-state index is 12.3. The number of carbonyl (C=O) groups is 1. The molecule has 1 aromatic rings. The van der Waals surface area contributed by atoms with Crippen LogP contribution in [0, 0.1) is 0 Å². The maximum absolute atomic E-state index is 12.3. The number of carbonyl (C=O) groups excluding carboxylic acids is 1. The van der Waals surface area contributed by atoms with Crippen molar-refractivity contribution in [2.45, 2.75) is 31.5 Å². The van der Waals surface area contributed by atoms with Crippen molar-refractivity contribution >= 4 is 18.3 Å². The maximum Gasteiger partial charge on any atom is 0.422 e. The molecule has 1 saturated heterocycles. The van der Waals surface area contributed by atoms with Gasteiger partial charge in [0.15, 0.2) is 24.7 Å². The summed E-state index contributed by atoms with van der Waals surface area (Å²) < 4.78 is 52.8. The molecule has 160 valence electrons. The lowest BCUT2D eigenvalue weighted by atomic mass is 10.1. The van der Waals surface area contributed by atoms with Gasteiger partial charge in [0.2, 0.25) is 0 Å². The van der Waals surface area contributed by atoms with Gasteiger partial charge in [0, 0.05) is 19.7 Å². The van der Waals surface area contributed by atoms with Crippen LogP contribution >= 0.6 is 12.4 Å². The minimum absolute atomic E-state index is 0. The van der Waals surface area contributed by atoms with Crippen LogP contribution in [0.4, 0.5) is 13.2 Å². The van der Waals surface area contributed by atoms with Crippen LogP contribution in [-0.4, -0.2) is 62.5 Å². The number of alkyl halides is 3. The number of hydrogen-bond donors (Lipinski definition) is 1. The van der Waals surface area contributed by atoms with Gasteiger partial charge in [-0.2, -0.15) is 13.2 Å². The number of hydrogen-bond acceptors (Lipinski definition) is 5. The largest absolute Gasteiger partial charge is 0.480 e. The van der Waals surface area contributed by atoms with Gasteiger partial charge in [0.1, 0.15) is 0 Å². The smallest absolute Gasteiger partial charge is 0.422 e. The van der Waals surface area contributed by atoms with Gasteiger partial charge in [0.25, 0.3) is 5.91 Å². The molecule has 0 radical (unpaired) electrons. The van der Waals surface area contributed by atoms with E-state index >= 15 is 0 Å². The van der Waals surface area contributed by atoms with Crippen molar-refractivity contribution in [3.63, 3.8) is 0 Å². The second kappa shape index (κ2) is 12.0. The van der Waals surface area contributed by atoms with Crippen LogP contribution in [0.25, 0.3) is 0 Å². The molecule has 28 heavy (non-hydrogen) atoms. The van der Waals surface area contributed by atoms with Crippen molar-refractivity contribution in [2.24, 2.45) is 5.73 Å². The van der Waals surface area contributed by atoms with Gasteiger partial charge in [-0.25, -0.2) is 0 Å². The third-order valence-electron chi connectivity index (χ3n) is 4.09. The zero-order valence-electron chi connectivity index (χ0n) is 15.5. The number of amides is 1. The Bertz CT molecular complexity index is 596. The number of nitrogens with zero attached hydrogens (tertiary/aromatic N) is 1. The second-order valence-electron chi connectivity index (χ2n) is 6.23. The predicted octanol–water partition coefficient (Wildman–Crippen LogP) is 2.78. The average molecular weight is 427 g/mol. The van der Waals surface area contributed by atoms with Crippen molar-refractivity contribution in [2.75, 3.05) is 39.5 Å². The molecule has 0 aliphatic carbocycles. The molecule has 1 fully saturated rings. The molecule has 2 N–H and O–H groups in total. The number of para-hydroxylation sites is 2. The monoisotopic (exact) mass is 426 g/mol. The summed E-state index contributed by atoms with van der Waals surface area (Å²) >= 11 is 0. The van der Waals surface area contributed by atoms with Crippen LogP contribution in [0.15, 0.2) is 24.3 Å². The molecular formula is C18H26ClF3N2O4. The fourth-order valence-corrected chi connectivity index (χ4v) is 2.68. The molecule has 1 amide bonds. The highest BCUT2D eigenvalue weighted by Gasteiger charge is 2.29. The van der Waals surface area contributed by atoms with Gasteiger partial charge >= 0.3 is 6.18 Å². The lowest BCUT2D eigenvalue weighted by Crippen LogP contribution is -2.43. The molecule has 0 unspecified atom stereocenters. The normalized spacial score (nSPS) is 15.1. The van der Waals surface area contributed by atoms with E-state index in [1.165, 1.54) is 18.2 Å². The number of benzene rings is 1. The minimum Gasteiger partial charge on any atom is -0.480 e. The van der Waals surface area contributed by atoms with E-state index < -0.39 is 12.8 Å². The first-order valence-electron chi connectivity index (χ1n) is 8.90. The summed E-state index contributed by atoms with van der Waals surface area (Å²) in [5.74, 6) is -0.161. The van der Waals surface area contributed by atoms with Crippen LogP contribution in [0.5, 0.6) is 11.5 Å². The van der Waals surface area contributed by atoms with Crippen LogP contribution in [0.1, 0.15) is 19.3 Å². The highest BCUT2D eigenvalue weighted by atomic mass is 35.5. The van der Waals surface area contributed by atoms with Gasteiger partial charge in [0.05, 0.1) is 6.10 Å². The summed E-state index contributed by atoms with van der Waals surface area (Å²) in [6.07, 6.45) is -2.04. The van der Waals surface area contributed by atoms with E-state index in [2.05, 4.69) is 0 Å². The predicted molar refractivity (Wildman–Crippen MR) is 100.0 cm³/mol. The van der Waals surface area contributed by atoms with Crippen molar-refractivity contribution < 1.29 is 32.2 Å². The Hall–Kier alpha value is -1.71. The number of likely N-dealkylation sites (tertiary alicyclic amines) is 1. The standard InChI is InChI=1S/C18H25F3N2O4.ClH/c19-18(20,21)13-27-16-5-2-1-4-15(16)26-12-17(24)23-9-6-14(7-10-23)25-11-3-8-22;/h1-2,4-5,14H,3,6-13,22H2;1H. The third-order valence-corrected chi connectivity index (χ3v) is 4.09. The highest BCUT2D eigenvalue weighted by molar-refractivity contribution is 5.85. The fraction of sp³-hybridized carbons (Fsp3) is 0.611. The zero-order valence-corrected chi connectivity index (χ0v) is 16.3. The van der Waals surface area contributed by atoms with E-state index in [9.17, 15) is 18.0 Å². The summed E-state index contributed by atoms with van der Waals surface area (Å²) in [6, 6.07) is 5.98. The van der Waals surface area contributed by atoms with Crippen molar-refractivity contribution in [1.29, 1.82) is 0 Å². The molecule has 1 aliphatic heterocycles. The van der Waals surface area contributed by atoms with E-state index in [-0.39, 0.29) is 42.5 Å².